The molecule has 0 saturated carbocycles. The van der Waals surface area contributed by atoms with Crippen LogP contribution in [-0.2, 0) is 11.2 Å². The number of aryl methyl sites for hydroxylation is 1. The van der Waals surface area contributed by atoms with E-state index in [4.69, 9.17) is 0 Å². The molecule has 0 aliphatic rings. The highest BCUT2D eigenvalue weighted by molar-refractivity contribution is 5.76. The van der Waals surface area contributed by atoms with Crippen molar-refractivity contribution < 1.29 is 4.79 Å². The van der Waals surface area contributed by atoms with Crippen LogP contribution in [0, 0.1) is 0 Å². The third-order valence-corrected chi connectivity index (χ3v) is 2.38. The smallest absolute Gasteiger partial charge is 0.220 e. The summed E-state index contributed by atoms with van der Waals surface area (Å²) in [6, 6.07) is 4.15. The first-order valence-electron chi connectivity index (χ1n) is 5.40. The van der Waals surface area contributed by atoms with Gasteiger partial charge in [-0.15, -0.1) is 0 Å². The van der Waals surface area contributed by atoms with Crippen molar-refractivity contribution in [2.45, 2.75) is 39.2 Å². The average Bonchev–Trinajstić information content (AvgIpc) is 2.27. The fourth-order valence-electron chi connectivity index (χ4n) is 1.25. The molecular formula is C12H18N2O. The predicted molar refractivity (Wildman–Crippen MR) is 60.5 cm³/mol. The number of carbonyl (C=O) groups is 1. The lowest BCUT2D eigenvalue weighted by Crippen LogP contribution is -2.31. The van der Waals surface area contributed by atoms with Gasteiger partial charge >= 0.3 is 0 Å². The third-order valence-electron chi connectivity index (χ3n) is 2.38. The Balaban J connectivity index is 2.29. The van der Waals surface area contributed by atoms with E-state index in [1.165, 1.54) is 0 Å². The molecule has 1 amide bonds. The van der Waals surface area contributed by atoms with Gasteiger partial charge < -0.3 is 5.32 Å². The van der Waals surface area contributed by atoms with Crippen LogP contribution in [0.15, 0.2) is 24.5 Å². The first-order chi connectivity index (χ1) is 7.22. The van der Waals surface area contributed by atoms with Crippen LogP contribution in [0.1, 0.15) is 32.3 Å². The molecule has 1 N–H and O–H groups in total. The average molecular weight is 206 g/mol. The van der Waals surface area contributed by atoms with Crippen LogP contribution in [0.3, 0.4) is 0 Å². The molecular weight excluding hydrogens is 188 g/mol. The maximum absolute atomic E-state index is 11.5. The fraction of sp³-hybridized carbons (Fsp3) is 0.500. The minimum absolute atomic E-state index is 0.119. The Hall–Kier alpha value is -1.38. The van der Waals surface area contributed by atoms with Gasteiger partial charge in [-0.2, -0.15) is 0 Å². The molecule has 1 rings (SSSR count). The molecule has 3 nitrogen and oxygen atoms in total. The summed E-state index contributed by atoms with van der Waals surface area (Å²) in [7, 11) is 0. The van der Waals surface area contributed by atoms with Crippen LogP contribution >= 0.6 is 0 Å². The standard InChI is InChI=1S/C12H18N2O/c1-3-10(2)14-12(15)7-6-11-5-4-8-13-9-11/h4-5,8-10H,3,6-7H2,1-2H3,(H,14,15)/t10-/m1/s1. The SMILES string of the molecule is CC[C@@H](C)NC(=O)CCc1cccnc1. The van der Waals surface area contributed by atoms with Crippen LogP contribution in [0.2, 0.25) is 0 Å². The Kier molecular flexibility index (Phi) is 4.81. The minimum Gasteiger partial charge on any atom is -0.354 e. The van der Waals surface area contributed by atoms with E-state index in [0.29, 0.717) is 6.42 Å². The van der Waals surface area contributed by atoms with Crippen molar-refractivity contribution in [2.75, 3.05) is 0 Å². The van der Waals surface area contributed by atoms with E-state index in [1.807, 2.05) is 19.1 Å². The van der Waals surface area contributed by atoms with Crippen LogP contribution in [0.5, 0.6) is 0 Å². The van der Waals surface area contributed by atoms with Gasteiger partial charge in [-0.3, -0.25) is 9.78 Å². The van der Waals surface area contributed by atoms with Crippen LogP contribution < -0.4 is 5.32 Å². The molecule has 0 aliphatic heterocycles. The largest absolute Gasteiger partial charge is 0.354 e. The van der Waals surface area contributed by atoms with Gasteiger partial charge in [0.1, 0.15) is 0 Å². The van der Waals surface area contributed by atoms with E-state index >= 15 is 0 Å². The number of amides is 1. The lowest BCUT2D eigenvalue weighted by molar-refractivity contribution is -0.121. The number of aromatic nitrogens is 1. The summed E-state index contributed by atoms with van der Waals surface area (Å²) < 4.78 is 0. The molecule has 82 valence electrons. The Morgan fingerprint density at radius 2 is 2.40 bits per heavy atom. The molecule has 1 heterocycles. The maximum Gasteiger partial charge on any atom is 0.220 e. The number of hydrogen-bond donors (Lipinski definition) is 1. The number of hydrogen-bond acceptors (Lipinski definition) is 2. The molecule has 1 aromatic rings. The van der Waals surface area contributed by atoms with Crippen molar-refractivity contribution in [3.63, 3.8) is 0 Å². The molecule has 3 heteroatoms. The Labute approximate surface area is 90.9 Å². The highest BCUT2D eigenvalue weighted by Crippen LogP contribution is 2.00. The lowest BCUT2D eigenvalue weighted by Gasteiger charge is -2.10. The maximum atomic E-state index is 11.5. The zero-order valence-corrected chi connectivity index (χ0v) is 9.36. The Bertz CT molecular complexity index is 298. The van der Waals surface area contributed by atoms with Crippen LogP contribution in [0.4, 0.5) is 0 Å². The molecule has 0 fully saturated rings. The van der Waals surface area contributed by atoms with Crippen LogP contribution in [0.25, 0.3) is 0 Å². The first-order valence-corrected chi connectivity index (χ1v) is 5.40. The molecule has 0 spiro atoms. The molecule has 0 bridgehead atoms. The van der Waals surface area contributed by atoms with E-state index in [-0.39, 0.29) is 11.9 Å². The molecule has 1 atom stereocenters. The third kappa shape index (κ3) is 4.58. The second-order valence-corrected chi connectivity index (χ2v) is 3.74. The summed E-state index contributed by atoms with van der Waals surface area (Å²) >= 11 is 0. The van der Waals surface area contributed by atoms with Crippen molar-refractivity contribution in [3.05, 3.63) is 30.1 Å². The second kappa shape index (κ2) is 6.17. The van der Waals surface area contributed by atoms with E-state index < -0.39 is 0 Å². The molecule has 0 radical (unpaired) electrons. The molecule has 1 aromatic heterocycles. The summed E-state index contributed by atoms with van der Waals surface area (Å²) in [6.45, 7) is 4.08. The molecule has 0 saturated heterocycles. The van der Waals surface area contributed by atoms with Crippen molar-refractivity contribution in [1.29, 1.82) is 0 Å². The minimum atomic E-state index is 0.119. The van der Waals surface area contributed by atoms with Crippen molar-refractivity contribution in [2.24, 2.45) is 0 Å². The first kappa shape index (κ1) is 11.7. The zero-order chi connectivity index (χ0) is 11.1. The van der Waals surface area contributed by atoms with E-state index in [1.54, 1.807) is 12.4 Å². The number of nitrogens with zero attached hydrogens (tertiary/aromatic N) is 1. The van der Waals surface area contributed by atoms with E-state index in [9.17, 15) is 4.79 Å². The van der Waals surface area contributed by atoms with E-state index in [2.05, 4.69) is 17.2 Å². The van der Waals surface area contributed by atoms with Gasteiger partial charge in [0.2, 0.25) is 5.91 Å². The number of rotatable bonds is 5. The number of nitrogens with one attached hydrogen (secondary N) is 1. The van der Waals surface area contributed by atoms with Gasteiger partial charge in [0.15, 0.2) is 0 Å². The fourth-order valence-corrected chi connectivity index (χ4v) is 1.25. The molecule has 0 aromatic carbocycles. The Morgan fingerprint density at radius 3 is 3.00 bits per heavy atom. The van der Waals surface area contributed by atoms with Crippen molar-refractivity contribution in [3.8, 4) is 0 Å². The normalized spacial score (nSPS) is 12.1. The quantitative estimate of drug-likeness (QED) is 0.799. The van der Waals surface area contributed by atoms with Gasteiger partial charge in [0, 0.05) is 24.9 Å². The van der Waals surface area contributed by atoms with Gasteiger partial charge in [0.25, 0.3) is 0 Å². The van der Waals surface area contributed by atoms with Gasteiger partial charge in [-0.1, -0.05) is 13.0 Å². The molecule has 0 unspecified atom stereocenters. The van der Waals surface area contributed by atoms with E-state index in [0.717, 1.165) is 18.4 Å². The topological polar surface area (TPSA) is 42.0 Å². The number of pyridine rings is 1. The van der Waals surface area contributed by atoms with Crippen molar-refractivity contribution >= 4 is 5.91 Å². The van der Waals surface area contributed by atoms with Gasteiger partial charge in [-0.25, -0.2) is 0 Å². The summed E-state index contributed by atoms with van der Waals surface area (Å²) in [5.41, 5.74) is 1.11. The zero-order valence-electron chi connectivity index (χ0n) is 9.36. The lowest BCUT2D eigenvalue weighted by atomic mass is 10.1. The summed E-state index contributed by atoms with van der Waals surface area (Å²) in [5.74, 6) is 0.119. The second-order valence-electron chi connectivity index (χ2n) is 3.74. The highest BCUT2D eigenvalue weighted by atomic mass is 16.1. The predicted octanol–water partition coefficient (Wildman–Crippen LogP) is 1.93. The number of carbonyl (C=O) groups excluding carboxylic acids is 1. The summed E-state index contributed by atoms with van der Waals surface area (Å²) in [5, 5.41) is 2.94. The molecule has 0 aliphatic carbocycles. The summed E-state index contributed by atoms with van der Waals surface area (Å²) in [4.78, 5) is 15.5. The van der Waals surface area contributed by atoms with Gasteiger partial charge in [0.05, 0.1) is 0 Å². The van der Waals surface area contributed by atoms with Crippen LogP contribution in [-0.4, -0.2) is 16.9 Å². The Morgan fingerprint density at radius 1 is 1.60 bits per heavy atom. The monoisotopic (exact) mass is 206 g/mol. The van der Waals surface area contributed by atoms with Gasteiger partial charge in [-0.05, 0) is 31.4 Å². The molecule has 15 heavy (non-hydrogen) atoms. The van der Waals surface area contributed by atoms with Crippen molar-refractivity contribution in [1.82, 2.24) is 10.3 Å². The highest BCUT2D eigenvalue weighted by Gasteiger charge is 2.05. The summed E-state index contributed by atoms with van der Waals surface area (Å²) in [6.07, 6.45) is 5.81.